The Kier molecular flexibility index (Phi) is 6.99. The second-order valence-electron chi connectivity index (χ2n) is 5.02. The predicted octanol–water partition coefficient (Wildman–Crippen LogP) is 3.27. The van der Waals surface area contributed by atoms with Gasteiger partial charge in [-0.25, -0.2) is 0 Å². The zero-order valence-electron chi connectivity index (χ0n) is 11.6. The zero-order valence-corrected chi connectivity index (χ0v) is 11.6. The van der Waals surface area contributed by atoms with Crippen molar-refractivity contribution >= 4 is 0 Å². The molecule has 1 aromatic rings. The predicted molar refractivity (Wildman–Crippen MR) is 75.8 cm³/mol. The molecule has 2 N–H and O–H groups in total. The van der Waals surface area contributed by atoms with Gasteiger partial charge in [-0.2, -0.15) is 0 Å². The first-order chi connectivity index (χ1) is 8.71. The zero-order chi connectivity index (χ0) is 13.4. The number of benzene rings is 1. The molecule has 1 rings (SSSR count). The van der Waals surface area contributed by atoms with Crippen LogP contribution in [0, 0.1) is 0 Å². The summed E-state index contributed by atoms with van der Waals surface area (Å²) in [5.74, 6) is 0.340. The second kappa shape index (κ2) is 8.28. The van der Waals surface area contributed by atoms with E-state index < -0.39 is 6.10 Å². The standard InChI is InChI=1S/C16H26O2/c1-3-5-6-13-7-9-15(10-8-13)14(4-2)11-16(18)12-17/h7-10,14,16-18H,3-6,11-12H2,1-2H3. The molecule has 2 heteroatoms. The van der Waals surface area contributed by atoms with Crippen LogP contribution in [0.25, 0.3) is 0 Å². The maximum absolute atomic E-state index is 9.54. The van der Waals surface area contributed by atoms with E-state index >= 15 is 0 Å². The van der Waals surface area contributed by atoms with Crippen molar-refractivity contribution in [1.82, 2.24) is 0 Å². The van der Waals surface area contributed by atoms with Crippen LogP contribution in [0.2, 0.25) is 0 Å². The van der Waals surface area contributed by atoms with Gasteiger partial charge < -0.3 is 10.2 Å². The smallest absolute Gasteiger partial charge is 0.0776 e. The number of aryl methyl sites for hydroxylation is 1. The van der Waals surface area contributed by atoms with E-state index in [2.05, 4.69) is 38.1 Å². The van der Waals surface area contributed by atoms with Crippen molar-refractivity contribution in [1.29, 1.82) is 0 Å². The third-order valence-corrected chi connectivity index (χ3v) is 3.53. The van der Waals surface area contributed by atoms with Gasteiger partial charge in [0.25, 0.3) is 0 Å². The van der Waals surface area contributed by atoms with Gasteiger partial charge in [-0.3, -0.25) is 0 Å². The van der Waals surface area contributed by atoms with E-state index in [0.717, 1.165) is 12.8 Å². The summed E-state index contributed by atoms with van der Waals surface area (Å²) in [6.45, 7) is 4.18. The molecule has 0 saturated heterocycles. The van der Waals surface area contributed by atoms with Crippen LogP contribution in [0.1, 0.15) is 56.6 Å². The fraction of sp³-hybridized carbons (Fsp3) is 0.625. The van der Waals surface area contributed by atoms with E-state index in [1.165, 1.54) is 24.0 Å². The van der Waals surface area contributed by atoms with Crippen molar-refractivity contribution in [2.45, 2.75) is 58.0 Å². The van der Waals surface area contributed by atoms with Gasteiger partial charge in [-0.1, -0.05) is 44.5 Å². The van der Waals surface area contributed by atoms with E-state index in [1.807, 2.05) is 0 Å². The van der Waals surface area contributed by atoms with Crippen molar-refractivity contribution in [2.75, 3.05) is 6.61 Å². The highest BCUT2D eigenvalue weighted by atomic mass is 16.3. The van der Waals surface area contributed by atoms with Crippen LogP contribution < -0.4 is 0 Å². The Hall–Kier alpha value is -0.860. The van der Waals surface area contributed by atoms with Crippen molar-refractivity contribution in [2.24, 2.45) is 0 Å². The van der Waals surface area contributed by atoms with Gasteiger partial charge in [-0.15, -0.1) is 0 Å². The van der Waals surface area contributed by atoms with Gasteiger partial charge in [0, 0.05) is 0 Å². The van der Waals surface area contributed by atoms with Crippen molar-refractivity contribution in [3.05, 3.63) is 35.4 Å². The average molecular weight is 250 g/mol. The first-order valence-electron chi connectivity index (χ1n) is 7.09. The molecule has 2 nitrogen and oxygen atoms in total. The molecule has 0 saturated carbocycles. The lowest BCUT2D eigenvalue weighted by Gasteiger charge is -2.18. The summed E-state index contributed by atoms with van der Waals surface area (Å²) in [4.78, 5) is 0. The third kappa shape index (κ3) is 4.79. The van der Waals surface area contributed by atoms with Crippen molar-refractivity contribution in [3.63, 3.8) is 0 Å². The Morgan fingerprint density at radius 1 is 1.11 bits per heavy atom. The van der Waals surface area contributed by atoms with Gasteiger partial charge in [0.1, 0.15) is 0 Å². The minimum atomic E-state index is -0.602. The molecule has 0 heterocycles. The van der Waals surface area contributed by atoms with Gasteiger partial charge in [0.2, 0.25) is 0 Å². The highest BCUT2D eigenvalue weighted by Gasteiger charge is 2.14. The minimum absolute atomic E-state index is 0.148. The largest absolute Gasteiger partial charge is 0.394 e. The van der Waals surface area contributed by atoms with Crippen LogP contribution in [-0.4, -0.2) is 22.9 Å². The van der Waals surface area contributed by atoms with Gasteiger partial charge in [0.05, 0.1) is 12.7 Å². The van der Waals surface area contributed by atoms with Crippen molar-refractivity contribution in [3.8, 4) is 0 Å². The molecular weight excluding hydrogens is 224 g/mol. The number of aliphatic hydroxyl groups excluding tert-OH is 2. The fourth-order valence-corrected chi connectivity index (χ4v) is 2.28. The molecule has 0 bridgehead atoms. The Morgan fingerprint density at radius 2 is 1.78 bits per heavy atom. The van der Waals surface area contributed by atoms with Crippen LogP contribution in [0.15, 0.2) is 24.3 Å². The average Bonchev–Trinajstić information content (AvgIpc) is 2.42. The second-order valence-corrected chi connectivity index (χ2v) is 5.02. The molecule has 0 aliphatic rings. The Labute approximate surface area is 111 Å². The highest BCUT2D eigenvalue weighted by Crippen LogP contribution is 2.25. The molecular formula is C16H26O2. The summed E-state index contributed by atoms with van der Waals surface area (Å²) in [5.41, 5.74) is 2.66. The van der Waals surface area contributed by atoms with Crippen LogP contribution in [0.3, 0.4) is 0 Å². The molecule has 0 spiro atoms. The highest BCUT2D eigenvalue weighted by molar-refractivity contribution is 5.25. The maximum Gasteiger partial charge on any atom is 0.0776 e. The van der Waals surface area contributed by atoms with Gasteiger partial charge >= 0.3 is 0 Å². The molecule has 0 radical (unpaired) electrons. The molecule has 102 valence electrons. The molecule has 0 fully saturated rings. The SMILES string of the molecule is CCCCc1ccc(C(CC)CC(O)CO)cc1. The number of rotatable bonds is 8. The number of hydrogen-bond donors (Lipinski definition) is 2. The Balaban J connectivity index is 2.63. The van der Waals surface area contributed by atoms with Crippen molar-refractivity contribution < 1.29 is 10.2 Å². The van der Waals surface area contributed by atoms with Crippen LogP contribution >= 0.6 is 0 Å². The van der Waals surface area contributed by atoms with E-state index in [9.17, 15) is 5.11 Å². The first kappa shape index (κ1) is 15.2. The van der Waals surface area contributed by atoms with E-state index in [4.69, 9.17) is 5.11 Å². The molecule has 0 aromatic heterocycles. The van der Waals surface area contributed by atoms with E-state index in [0.29, 0.717) is 12.3 Å². The lowest BCUT2D eigenvalue weighted by molar-refractivity contribution is 0.0817. The summed E-state index contributed by atoms with van der Waals surface area (Å²) >= 11 is 0. The Morgan fingerprint density at radius 3 is 2.28 bits per heavy atom. The first-order valence-corrected chi connectivity index (χ1v) is 7.09. The summed E-state index contributed by atoms with van der Waals surface area (Å²) in [7, 11) is 0. The van der Waals surface area contributed by atoms with Gasteiger partial charge in [0.15, 0.2) is 0 Å². The molecule has 0 aliphatic carbocycles. The number of unbranched alkanes of at least 4 members (excludes halogenated alkanes) is 1. The molecule has 18 heavy (non-hydrogen) atoms. The summed E-state index contributed by atoms with van der Waals surface area (Å²) in [5, 5.41) is 18.5. The fourth-order valence-electron chi connectivity index (χ4n) is 2.28. The monoisotopic (exact) mass is 250 g/mol. The lowest BCUT2D eigenvalue weighted by atomic mass is 9.90. The molecule has 2 atom stereocenters. The van der Waals surface area contributed by atoms with Crippen LogP contribution in [0.4, 0.5) is 0 Å². The summed E-state index contributed by atoms with van der Waals surface area (Å²) in [6.07, 6.45) is 4.64. The Bertz CT molecular complexity index is 318. The quantitative estimate of drug-likeness (QED) is 0.743. The van der Waals surface area contributed by atoms with Crippen LogP contribution in [0.5, 0.6) is 0 Å². The molecule has 1 aromatic carbocycles. The van der Waals surface area contributed by atoms with E-state index in [1.54, 1.807) is 0 Å². The number of aliphatic hydroxyl groups is 2. The summed E-state index contributed by atoms with van der Waals surface area (Å²) in [6, 6.07) is 8.73. The maximum atomic E-state index is 9.54. The molecule has 0 amide bonds. The summed E-state index contributed by atoms with van der Waals surface area (Å²) < 4.78 is 0. The van der Waals surface area contributed by atoms with E-state index in [-0.39, 0.29) is 6.61 Å². The minimum Gasteiger partial charge on any atom is -0.394 e. The number of hydrogen-bond acceptors (Lipinski definition) is 2. The lowest BCUT2D eigenvalue weighted by Crippen LogP contribution is -2.16. The topological polar surface area (TPSA) is 40.5 Å². The normalized spacial score (nSPS) is 14.4. The van der Waals surface area contributed by atoms with Crippen LogP contribution in [-0.2, 0) is 6.42 Å². The molecule has 0 aliphatic heterocycles. The van der Waals surface area contributed by atoms with Gasteiger partial charge in [-0.05, 0) is 42.7 Å². The third-order valence-electron chi connectivity index (χ3n) is 3.53. The molecule has 2 unspecified atom stereocenters.